The zero-order chi connectivity index (χ0) is 13.0. The molecule has 0 rings (SSSR count). The van der Waals surface area contributed by atoms with Gasteiger partial charge in [-0.15, -0.1) is 3.89 Å². The predicted octanol–water partition coefficient (Wildman–Crippen LogP) is 2.12. The van der Waals surface area contributed by atoms with Crippen LogP contribution in [0.2, 0.25) is 0 Å². The highest BCUT2D eigenvalue weighted by Crippen LogP contribution is 2.07. The van der Waals surface area contributed by atoms with Crippen molar-refractivity contribution >= 4 is 21.4 Å². The fourth-order valence-electron chi connectivity index (χ4n) is 0.666. The van der Waals surface area contributed by atoms with E-state index in [4.69, 9.17) is 0 Å². The molecule has 0 aromatic carbocycles. The van der Waals surface area contributed by atoms with Gasteiger partial charge in [-0.1, -0.05) is 18.4 Å². The molecule has 0 unspecified atom stereocenters. The third-order valence-electron chi connectivity index (χ3n) is 1.65. The molecule has 0 aromatic heterocycles. The highest BCUT2D eigenvalue weighted by atomic mass is 32.2. The van der Waals surface area contributed by atoms with E-state index in [0.29, 0.717) is 12.3 Å². The molecule has 0 aliphatic carbocycles. The highest BCUT2D eigenvalue weighted by Gasteiger charge is 2.44. The van der Waals surface area contributed by atoms with Gasteiger partial charge >= 0.3 is 9.05 Å². The van der Waals surface area contributed by atoms with Gasteiger partial charge in [-0.3, -0.25) is 0 Å². The molecule has 5 nitrogen and oxygen atoms in total. The van der Waals surface area contributed by atoms with Gasteiger partial charge in [0.2, 0.25) is 0 Å². The van der Waals surface area contributed by atoms with Crippen LogP contribution in [0.3, 0.4) is 0 Å². The Hall–Kier alpha value is 0.227. The lowest BCUT2D eigenvalue weighted by molar-refractivity contribution is -0.131. The van der Waals surface area contributed by atoms with Gasteiger partial charge in [-0.2, -0.15) is 4.63 Å². The summed E-state index contributed by atoms with van der Waals surface area (Å²) in [5.41, 5.74) is 0. The summed E-state index contributed by atoms with van der Waals surface area (Å²) in [7, 11) is 0.388. The summed E-state index contributed by atoms with van der Waals surface area (Å²) in [6.07, 6.45) is 0. The molecule has 0 aliphatic heterocycles. The third-order valence-corrected chi connectivity index (χ3v) is 4.05. The quantitative estimate of drug-likeness (QED) is 0.525. The van der Waals surface area contributed by atoms with Gasteiger partial charge in [0.25, 0.3) is 0 Å². The Bertz CT molecular complexity index is 129. The lowest BCUT2D eigenvalue weighted by Gasteiger charge is -2.16. The molecule has 0 aromatic rings. The van der Waals surface area contributed by atoms with Gasteiger partial charge in [0.15, 0.2) is 0 Å². The molecule has 9 heteroatoms. The molecular formula is C7H19F2NO4SSi. The highest BCUT2D eigenvalue weighted by molar-refractivity contribution is 7.91. The van der Waals surface area contributed by atoms with Gasteiger partial charge in [0, 0.05) is 34.4 Å². The maximum absolute atomic E-state index is 11.5. The third kappa shape index (κ3) is 7.49. The second kappa shape index (κ2) is 11.7. The van der Waals surface area contributed by atoms with Crippen LogP contribution in [0.1, 0.15) is 13.8 Å². The van der Waals surface area contributed by atoms with Gasteiger partial charge in [-0.25, -0.2) is 4.31 Å². The summed E-state index contributed by atoms with van der Waals surface area (Å²) in [5, 5.41) is 0. The fraction of sp³-hybridized carbons (Fsp3) is 1.00. The van der Waals surface area contributed by atoms with Crippen LogP contribution in [0.5, 0.6) is 0 Å². The smallest absolute Gasteiger partial charge is 0.353 e. The molecule has 100 valence electrons. The zero-order valence-corrected chi connectivity index (χ0v) is 12.0. The van der Waals surface area contributed by atoms with E-state index in [1.165, 1.54) is 21.3 Å². The Labute approximate surface area is 101 Å². The Morgan fingerprint density at radius 3 is 1.44 bits per heavy atom. The standard InChI is InChI=1S/C4H10FNS.C3H9FO4Si/c1-3-6(4-2)7-5;1-5-9(6-2,7-3)8-4/h3-4H2,1-2H3;1-3H3. The Balaban J connectivity index is 0. The molecule has 0 bridgehead atoms. The predicted molar refractivity (Wildman–Crippen MR) is 60.6 cm³/mol. The van der Waals surface area contributed by atoms with Crippen molar-refractivity contribution in [3.8, 4) is 0 Å². The summed E-state index contributed by atoms with van der Waals surface area (Å²) in [6.45, 7) is 5.40. The normalized spacial score (nSPS) is 11.2. The van der Waals surface area contributed by atoms with Crippen LogP contribution in [-0.4, -0.2) is 47.8 Å². The largest absolute Gasteiger partial charge is 0.711 e. The van der Waals surface area contributed by atoms with Crippen LogP contribution in [0.4, 0.5) is 8.41 Å². The number of rotatable bonds is 7. The van der Waals surface area contributed by atoms with Crippen molar-refractivity contribution in [3.05, 3.63) is 0 Å². The molecule has 0 N–H and O–H groups in total. The van der Waals surface area contributed by atoms with Crippen LogP contribution >= 0.6 is 12.3 Å². The van der Waals surface area contributed by atoms with Gasteiger partial charge in [0.1, 0.15) is 12.3 Å². The molecule has 0 radical (unpaired) electrons. The van der Waals surface area contributed by atoms with Gasteiger partial charge in [0.05, 0.1) is 0 Å². The van der Waals surface area contributed by atoms with Crippen molar-refractivity contribution in [3.63, 3.8) is 0 Å². The fourth-order valence-corrected chi connectivity index (χ4v) is 1.55. The second-order valence-electron chi connectivity index (χ2n) is 2.37. The van der Waals surface area contributed by atoms with Gasteiger partial charge < -0.3 is 13.3 Å². The zero-order valence-electron chi connectivity index (χ0n) is 10.2. The maximum Gasteiger partial charge on any atom is 0.711 e. The van der Waals surface area contributed by atoms with E-state index in [9.17, 15) is 8.41 Å². The van der Waals surface area contributed by atoms with Crippen LogP contribution in [0.25, 0.3) is 0 Å². The van der Waals surface area contributed by atoms with Crippen LogP contribution < -0.4 is 0 Å². The lowest BCUT2D eigenvalue weighted by atomic mass is 10.7. The average molecular weight is 279 g/mol. The minimum atomic E-state index is -3.36. The maximum atomic E-state index is 11.5. The second-order valence-corrected chi connectivity index (χ2v) is 5.41. The topological polar surface area (TPSA) is 40.2 Å². The van der Waals surface area contributed by atoms with Crippen LogP contribution in [-0.2, 0) is 17.9 Å². The molecule has 0 amide bonds. The van der Waals surface area contributed by atoms with Crippen LogP contribution in [0.15, 0.2) is 0 Å². The summed E-state index contributed by atoms with van der Waals surface area (Å²) in [5.74, 6) is 0. The number of nitrogens with zero attached hydrogens (tertiary/aromatic N) is 1. The SMILES string of the molecule is CCN(CC)SF.CO[Si](OC)(OC)OF. The first-order chi connectivity index (χ1) is 7.59. The average Bonchev–Trinajstić information content (AvgIpc) is 2.36. The van der Waals surface area contributed by atoms with E-state index in [0.717, 1.165) is 13.1 Å². The molecular weight excluding hydrogens is 260 g/mol. The van der Waals surface area contributed by atoms with E-state index in [1.807, 2.05) is 13.8 Å². The van der Waals surface area contributed by atoms with E-state index in [-0.39, 0.29) is 0 Å². The molecule has 16 heavy (non-hydrogen) atoms. The first kappa shape index (κ1) is 18.6. The van der Waals surface area contributed by atoms with Crippen molar-refractivity contribution in [1.82, 2.24) is 4.31 Å². The molecule has 0 aliphatic rings. The van der Waals surface area contributed by atoms with E-state index < -0.39 is 9.05 Å². The summed E-state index contributed by atoms with van der Waals surface area (Å²) in [6, 6.07) is 0. The van der Waals surface area contributed by atoms with Crippen molar-refractivity contribution in [2.45, 2.75) is 13.8 Å². The minimum absolute atomic E-state index is 0.303. The minimum Gasteiger partial charge on any atom is -0.353 e. The van der Waals surface area contributed by atoms with E-state index >= 15 is 0 Å². The van der Waals surface area contributed by atoms with Crippen molar-refractivity contribution < 1.29 is 26.3 Å². The van der Waals surface area contributed by atoms with Crippen molar-refractivity contribution in [2.75, 3.05) is 34.4 Å². The lowest BCUT2D eigenvalue weighted by Crippen LogP contribution is -2.44. The molecule has 0 spiro atoms. The van der Waals surface area contributed by atoms with Crippen LogP contribution in [0, 0.1) is 0 Å². The Kier molecular flexibility index (Phi) is 13.6. The molecule has 0 atom stereocenters. The Morgan fingerprint density at radius 1 is 1.06 bits per heavy atom. The first-order valence-electron chi connectivity index (χ1n) is 4.58. The van der Waals surface area contributed by atoms with Crippen molar-refractivity contribution in [1.29, 1.82) is 0 Å². The first-order valence-corrected chi connectivity index (χ1v) is 6.89. The number of hydrogen-bond acceptors (Lipinski definition) is 6. The van der Waals surface area contributed by atoms with Crippen molar-refractivity contribution in [2.24, 2.45) is 0 Å². The summed E-state index contributed by atoms with van der Waals surface area (Å²) in [4.78, 5) is 0. The molecule has 0 fully saturated rings. The Morgan fingerprint density at radius 2 is 1.44 bits per heavy atom. The molecule has 0 saturated heterocycles. The molecule has 0 saturated carbocycles. The molecule has 0 heterocycles. The summed E-state index contributed by atoms with van der Waals surface area (Å²) >= 11 is 0.303. The number of halogens is 2. The monoisotopic (exact) mass is 279 g/mol. The van der Waals surface area contributed by atoms with Gasteiger partial charge in [-0.05, 0) is 0 Å². The van der Waals surface area contributed by atoms with E-state index in [2.05, 4.69) is 17.9 Å². The summed E-state index contributed by atoms with van der Waals surface area (Å²) < 4.78 is 41.4. The van der Waals surface area contributed by atoms with E-state index in [1.54, 1.807) is 4.31 Å². The number of hydrogen-bond donors (Lipinski definition) is 0.